The molecule has 4 nitrogen and oxygen atoms in total. The number of ether oxygens (including phenoxy) is 2. The molecule has 1 aromatic rings. The third-order valence-electron chi connectivity index (χ3n) is 3.73. The summed E-state index contributed by atoms with van der Waals surface area (Å²) in [7, 11) is 3.38. The predicted molar refractivity (Wildman–Crippen MR) is 76.8 cm³/mol. The van der Waals surface area contributed by atoms with E-state index in [1.807, 2.05) is 18.2 Å². The Morgan fingerprint density at radius 3 is 2.79 bits per heavy atom. The fourth-order valence-corrected chi connectivity index (χ4v) is 2.88. The van der Waals surface area contributed by atoms with E-state index < -0.39 is 0 Å². The summed E-state index contributed by atoms with van der Waals surface area (Å²) in [5.41, 5.74) is 7.07. The van der Waals surface area contributed by atoms with Crippen molar-refractivity contribution in [3.63, 3.8) is 0 Å². The van der Waals surface area contributed by atoms with Crippen LogP contribution in [0.4, 0.5) is 0 Å². The first kappa shape index (κ1) is 14.6. The van der Waals surface area contributed by atoms with Crippen LogP contribution in [0.2, 0.25) is 5.02 Å². The molecule has 2 atom stereocenters. The van der Waals surface area contributed by atoms with Gasteiger partial charge in [0.15, 0.2) is 0 Å². The molecule has 1 saturated heterocycles. The minimum Gasteiger partial charge on any atom is -0.495 e. The van der Waals surface area contributed by atoms with E-state index in [0.717, 1.165) is 25.1 Å². The molecule has 0 bridgehead atoms. The van der Waals surface area contributed by atoms with Crippen molar-refractivity contribution in [2.75, 3.05) is 33.9 Å². The summed E-state index contributed by atoms with van der Waals surface area (Å²) in [5, 5.41) is 0.626. The number of benzene rings is 1. The van der Waals surface area contributed by atoms with Crippen LogP contribution in [0.1, 0.15) is 18.0 Å². The number of halogens is 1. The number of nitrogens with zero attached hydrogens (tertiary/aromatic N) is 1. The second-order valence-electron chi connectivity index (χ2n) is 4.79. The quantitative estimate of drug-likeness (QED) is 0.899. The Morgan fingerprint density at radius 1 is 1.47 bits per heavy atom. The van der Waals surface area contributed by atoms with Crippen molar-refractivity contribution in [3.05, 3.63) is 28.8 Å². The first-order valence-corrected chi connectivity index (χ1v) is 6.87. The summed E-state index contributed by atoms with van der Waals surface area (Å²) in [4.78, 5) is 2.35. The standard InChI is InChI=1S/C14H21ClN2O2/c1-18-11-5-6-17(9-11)13(8-16)10-3-4-14(19-2)12(15)7-10/h3-4,7,11,13H,5-6,8-9,16H2,1-2H3. The zero-order valence-electron chi connectivity index (χ0n) is 11.4. The Kier molecular flexibility index (Phi) is 5.05. The molecule has 1 heterocycles. The van der Waals surface area contributed by atoms with Crippen LogP contribution >= 0.6 is 11.6 Å². The first-order valence-electron chi connectivity index (χ1n) is 6.50. The van der Waals surface area contributed by atoms with Crippen LogP contribution in [0.25, 0.3) is 0 Å². The lowest BCUT2D eigenvalue weighted by Crippen LogP contribution is -2.33. The number of hydrogen-bond acceptors (Lipinski definition) is 4. The average molecular weight is 285 g/mol. The summed E-state index contributed by atoms with van der Waals surface area (Å²) in [6, 6.07) is 6.05. The van der Waals surface area contributed by atoms with E-state index in [2.05, 4.69) is 4.90 Å². The molecule has 0 aromatic heterocycles. The van der Waals surface area contributed by atoms with E-state index in [4.69, 9.17) is 26.8 Å². The zero-order valence-corrected chi connectivity index (χ0v) is 12.2. The highest BCUT2D eigenvalue weighted by molar-refractivity contribution is 6.32. The molecule has 0 amide bonds. The first-order chi connectivity index (χ1) is 9.19. The summed E-state index contributed by atoms with van der Waals surface area (Å²) in [6.07, 6.45) is 1.36. The molecule has 1 aromatic carbocycles. The molecule has 0 radical (unpaired) electrons. The lowest BCUT2D eigenvalue weighted by atomic mass is 10.1. The van der Waals surface area contributed by atoms with E-state index in [0.29, 0.717) is 23.4 Å². The van der Waals surface area contributed by atoms with Crippen LogP contribution in [-0.4, -0.2) is 44.9 Å². The van der Waals surface area contributed by atoms with Gasteiger partial charge in [0, 0.05) is 32.8 Å². The van der Waals surface area contributed by atoms with Crippen LogP contribution in [0, 0.1) is 0 Å². The monoisotopic (exact) mass is 284 g/mol. The van der Waals surface area contributed by atoms with Crippen molar-refractivity contribution in [1.82, 2.24) is 4.90 Å². The molecule has 2 unspecified atom stereocenters. The van der Waals surface area contributed by atoms with Crippen molar-refractivity contribution in [1.29, 1.82) is 0 Å². The highest BCUT2D eigenvalue weighted by Crippen LogP contribution is 2.31. The Bertz CT molecular complexity index is 428. The minimum atomic E-state index is 0.184. The van der Waals surface area contributed by atoms with Crippen LogP contribution in [-0.2, 0) is 4.74 Å². The molecular formula is C14H21ClN2O2. The smallest absolute Gasteiger partial charge is 0.137 e. The zero-order chi connectivity index (χ0) is 13.8. The summed E-state index contributed by atoms with van der Waals surface area (Å²) >= 11 is 6.18. The molecule has 19 heavy (non-hydrogen) atoms. The highest BCUT2D eigenvalue weighted by atomic mass is 35.5. The van der Waals surface area contributed by atoms with E-state index in [1.165, 1.54) is 0 Å². The van der Waals surface area contributed by atoms with Gasteiger partial charge in [0.1, 0.15) is 5.75 Å². The number of nitrogens with two attached hydrogens (primary N) is 1. The predicted octanol–water partition coefficient (Wildman–Crippen LogP) is 2.07. The van der Waals surface area contributed by atoms with E-state index in [1.54, 1.807) is 14.2 Å². The maximum atomic E-state index is 6.18. The third kappa shape index (κ3) is 3.20. The number of hydrogen-bond donors (Lipinski definition) is 1. The van der Waals surface area contributed by atoms with Crippen LogP contribution < -0.4 is 10.5 Å². The molecule has 106 valence electrons. The molecular weight excluding hydrogens is 264 g/mol. The Balaban J connectivity index is 2.15. The van der Waals surface area contributed by atoms with Gasteiger partial charge in [-0.3, -0.25) is 4.90 Å². The van der Waals surface area contributed by atoms with E-state index in [9.17, 15) is 0 Å². The van der Waals surface area contributed by atoms with Crippen molar-refractivity contribution >= 4 is 11.6 Å². The third-order valence-corrected chi connectivity index (χ3v) is 4.03. The number of methoxy groups -OCH3 is 2. The largest absolute Gasteiger partial charge is 0.495 e. The molecule has 0 spiro atoms. The van der Waals surface area contributed by atoms with Gasteiger partial charge in [0.25, 0.3) is 0 Å². The minimum absolute atomic E-state index is 0.184. The van der Waals surface area contributed by atoms with Crippen LogP contribution in [0.15, 0.2) is 18.2 Å². The van der Waals surface area contributed by atoms with Crippen LogP contribution in [0.3, 0.4) is 0 Å². The average Bonchev–Trinajstić information content (AvgIpc) is 2.88. The van der Waals surface area contributed by atoms with E-state index >= 15 is 0 Å². The molecule has 5 heteroatoms. The second kappa shape index (κ2) is 6.57. The maximum Gasteiger partial charge on any atom is 0.137 e. The Labute approximate surface area is 119 Å². The number of rotatable bonds is 5. The summed E-state index contributed by atoms with van der Waals surface area (Å²) in [6.45, 7) is 2.49. The second-order valence-corrected chi connectivity index (χ2v) is 5.19. The van der Waals surface area contributed by atoms with Gasteiger partial charge >= 0.3 is 0 Å². The van der Waals surface area contributed by atoms with Gasteiger partial charge in [-0.15, -0.1) is 0 Å². The van der Waals surface area contributed by atoms with Gasteiger partial charge in [-0.2, -0.15) is 0 Å². The Hall–Kier alpha value is -0.810. The SMILES string of the molecule is COc1ccc(C(CN)N2CCC(OC)C2)cc1Cl. The fraction of sp³-hybridized carbons (Fsp3) is 0.571. The molecule has 0 saturated carbocycles. The van der Waals surface area contributed by atoms with Crippen molar-refractivity contribution < 1.29 is 9.47 Å². The molecule has 1 fully saturated rings. The van der Waals surface area contributed by atoms with E-state index in [-0.39, 0.29) is 6.04 Å². The van der Waals surface area contributed by atoms with Crippen molar-refractivity contribution in [3.8, 4) is 5.75 Å². The molecule has 0 aliphatic carbocycles. The van der Waals surface area contributed by atoms with Gasteiger partial charge in [-0.05, 0) is 24.1 Å². The lowest BCUT2D eigenvalue weighted by molar-refractivity contribution is 0.101. The summed E-state index contributed by atoms with van der Waals surface area (Å²) < 4.78 is 10.6. The molecule has 2 N–H and O–H groups in total. The van der Waals surface area contributed by atoms with Crippen molar-refractivity contribution in [2.24, 2.45) is 5.73 Å². The number of likely N-dealkylation sites (tertiary alicyclic amines) is 1. The maximum absolute atomic E-state index is 6.18. The van der Waals surface area contributed by atoms with Gasteiger partial charge in [0.2, 0.25) is 0 Å². The van der Waals surface area contributed by atoms with Gasteiger partial charge in [0.05, 0.1) is 18.2 Å². The molecule has 2 rings (SSSR count). The highest BCUT2D eigenvalue weighted by Gasteiger charge is 2.28. The van der Waals surface area contributed by atoms with Gasteiger partial charge in [-0.1, -0.05) is 17.7 Å². The lowest BCUT2D eigenvalue weighted by Gasteiger charge is -2.27. The molecule has 1 aliphatic rings. The molecule has 1 aliphatic heterocycles. The van der Waals surface area contributed by atoms with Crippen molar-refractivity contribution in [2.45, 2.75) is 18.6 Å². The fourth-order valence-electron chi connectivity index (χ4n) is 2.62. The van der Waals surface area contributed by atoms with Crippen LogP contribution in [0.5, 0.6) is 5.75 Å². The summed E-state index contributed by atoms with van der Waals surface area (Å²) in [5.74, 6) is 0.692. The van der Waals surface area contributed by atoms with Gasteiger partial charge in [-0.25, -0.2) is 0 Å². The normalized spacial score (nSPS) is 21.6. The van der Waals surface area contributed by atoms with Gasteiger partial charge < -0.3 is 15.2 Å². The Morgan fingerprint density at radius 2 is 2.26 bits per heavy atom. The topological polar surface area (TPSA) is 47.7 Å².